The van der Waals surface area contributed by atoms with Gasteiger partial charge in [-0.3, -0.25) is 14.6 Å². The van der Waals surface area contributed by atoms with Gasteiger partial charge in [-0.05, 0) is 55.5 Å². The summed E-state index contributed by atoms with van der Waals surface area (Å²) in [5, 5.41) is 11.8. The number of rotatable bonds is 6. The van der Waals surface area contributed by atoms with Gasteiger partial charge >= 0.3 is 0 Å². The second kappa shape index (κ2) is 8.35. The number of nitrogens with zero attached hydrogens (tertiary/aromatic N) is 3. The van der Waals surface area contributed by atoms with Gasteiger partial charge in [-0.15, -0.1) is 10.2 Å². The number of aromatic nitrogens is 3. The molecule has 6 nitrogen and oxygen atoms in total. The molecule has 0 radical (unpaired) electrons. The van der Waals surface area contributed by atoms with E-state index in [1.165, 1.54) is 18.7 Å². The third-order valence-electron chi connectivity index (χ3n) is 3.54. The molecule has 1 amide bonds. The van der Waals surface area contributed by atoms with Gasteiger partial charge in [-0.2, -0.15) is 0 Å². The second-order valence-corrected chi connectivity index (χ2v) is 6.46. The summed E-state index contributed by atoms with van der Waals surface area (Å²) in [5.41, 5.74) is 2.96. The summed E-state index contributed by atoms with van der Waals surface area (Å²) in [7, 11) is 0. The van der Waals surface area contributed by atoms with E-state index in [1.54, 1.807) is 36.7 Å². The third kappa shape index (κ3) is 4.73. The number of thioether (sulfide) groups is 1. The van der Waals surface area contributed by atoms with Crippen molar-refractivity contribution in [2.24, 2.45) is 0 Å². The number of amides is 1. The van der Waals surface area contributed by atoms with Crippen LogP contribution in [0.25, 0.3) is 11.3 Å². The van der Waals surface area contributed by atoms with Gasteiger partial charge in [0.05, 0.1) is 11.4 Å². The van der Waals surface area contributed by atoms with Crippen molar-refractivity contribution in [3.63, 3.8) is 0 Å². The molecule has 2 heterocycles. The molecule has 0 atom stereocenters. The molecule has 130 valence electrons. The lowest BCUT2D eigenvalue weighted by Crippen LogP contribution is -2.14. The summed E-state index contributed by atoms with van der Waals surface area (Å²) >= 11 is 1.31. The Balaban J connectivity index is 1.53. The number of pyridine rings is 1. The number of carbonyl (C=O) groups is 2. The fraction of sp³-hybridized carbons (Fsp3) is 0.105. The summed E-state index contributed by atoms with van der Waals surface area (Å²) in [6, 6.07) is 14.2. The number of hydrogen-bond acceptors (Lipinski definition) is 6. The van der Waals surface area contributed by atoms with Gasteiger partial charge in [-0.1, -0.05) is 11.8 Å². The number of benzene rings is 1. The predicted molar refractivity (Wildman–Crippen MR) is 101 cm³/mol. The Labute approximate surface area is 155 Å². The van der Waals surface area contributed by atoms with Crippen LogP contribution in [0.4, 0.5) is 5.69 Å². The normalized spacial score (nSPS) is 10.3. The maximum absolute atomic E-state index is 12.0. The average Bonchev–Trinajstić information content (AvgIpc) is 2.68. The SMILES string of the molecule is CC(=O)c1ccc(NC(=O)CSc2ccc(-c3ccncc3)nn2)cc1. The lowest BCUT2D eigenvalue weighted by molar-refractivity contribution is -0.113. The number of Topliss-reactive ketones (excluding diaryl/α,β-unsaturated/α-hetero) is 1. The van der Waals surface area contributed by atoms with Gasteiger partial charge in [-0.25, -0.2) is 0 Å². The van der Waals surface area contributed by atoms with E-state index in [9.17, 15) is 9.59 Å². The van der Waals surface area contributed by atoms with Crippen LogP contribution in [0.2, 0.25) is 0 Å². The minimum Gasteiger partial charge on any atom is -0.325 e. The second-order valence-electron chi connectivity index (χ2n) is 5.46. The molecule has 1 aromatic carbocycles. The monoisotopic (exact) mass is 364 g/mol. The van der Waals surface area contributed by atoms with Gasteiger partial charge in [0.25, 0.3) is 0 Å². The van der Waals surface area contributed by atoms with E-state index < -0.39 is 0 Å². The molecule has 26 heavy (non-hydrogen) atoms. The number of nitrogens with one attached hydrogen (secondary N) is 1. The first-order valence-electron chi connectivity index (χ1n) is 7.89. The van der Waals surface area contributed by atoms with Crippen molar-refractivity contribution in [2.75, 3.05) is 11.1 Å². The summed E-state index contributed by atoms with van der Waals surface area (Å²) in [4.78, 5) is 27.3. The van der Waals surface area contributed by atoms with Crippen LogP contribution in [0.3, 0.4) is 0 Å². The summed E-state index contributed by atoms with van der Waals surface area (Å²) in [5.74, 6) is 0.0652. The van der Waals surface area contributed by atoms with E-state index in [0.29, 0.717) is 16.3 Å². The molecule has 0 saturated heterocycles. The van der Waals surface area contributed by atoms with Crippen LogP contribution in [-0.4, -0.2) is 32.6 Å². The summed E-state index contributed by atoms with van der Waals surface area (Å²) in [6.07, 6.45) is 3.40. The van der Waals surface area contributed by atoms with E-state index in [2.05, 4.69) is 20.5 Å². The van der Waals surface area contributed by atoms with Gasteiger partial charge in [0.1, 0.15) is 5.03 Å². The molecule has 7 heteroatoms. The number of hydrogen-bond donors (Lipinski definition) is 1. The number of carbonyl (C=O) groups excluding carboxylic acids is 2. The van der Waals surface area contributed by atoms with E-state index >= 15 is 0 Å². The Hall–Kier alpha value is -3.06. The lowest BCUT2D eigenvalue weighted by atomic mass is 10.1. The van der Waals surface area contributed by atoms with Crippen molar-refractivity contribution >= 4 is 29.1 Å². The van der Waals surface area contributed by atoms with E-state index in [0.717, 1.165) is 11.3 Å². The van der Waals surface area contributed by atoms with Crippen LogP contribution in [0, 0.1) is 0 Å². The molecular formula is C19H16N4O2S. The summed E-state index contributed by atoms with van der Waals surface area (Å²) < 4.78 is 0. The molecule has 0 aliphatic rings. The van der Waals surface area contributed by atoms with Crippen LogP contribution in [0.1, 0.15) is 17.3 Å². The molecule has 0 fully saturated rings. The van der Waals surface area contributed by atoms with Crippen LogP contribution >= 0.6 is 11.8 Å². The van der Waals surface area contributed by atoms with E-state index in [4.69, 9.17) is 0 Å². The predicted octanol–water partition coefficient (Wildman–Crippen LogP) is 3.47. The van der Waals surface area contributed by atoms with Gasteiger partial charge in [0.2, 0.25) is 5.91 Å². The van der Waals surface area contributed by atoms with E-state index in [1.807, 2.05) is 24.3 Å². The zero-order chi connectivity index (χ0) is 18.4. The zero-order valence-electron chi connectivity index (χ0n) is 14.0. The summed E-state index contributed by atoms with van der Waals surface area (Å²) in [6.45, 7) is 1.51. The molecule has 2 aromatic heterocycles. The van der Waals surface area contributed by atoms with Crippen LogP contribution < -0.4 is 5.32 Å². The van der Waals surface area contributed by atoms with Crippen molar-refractivity contribution < 1.29 is 9.59 Å². The van der Waals surface area contributed by atoms with Gasteiger partial charge in [0, 0.05) is 29.2 Å². The Morgan fingerprint density at radius 1 is 0.962 bits per heavy atom. The molecule has 1 N–H and O–H groups in total. The molecule has 0 bridgehead atoms. The molecule has 3 aromatic rings. The molecular weight excluding hydrogens is 348 g/mol. The van der Waals surface area contributed by atoms with Crippen molar-refractivity contribution in [1.82, 2.24) is 15.2 Å². The molecule has 0 unspecified atom stereocenters. The van der Waals surface area contributed by atoms with Crippen molar-refractivity contribution in [1.29, 1.82) is 0 Å². The molecule has 0 aliphatic heterocycles. The Kier molecular flexibility index (Phi) is 5.70. The van der Waals surface area contributed by atoms with Crippen LogP contribution in [0.15, 0.2) is 66.0 Å². The number of anilines is 1. The van der Waals surface area contributed by atoms with Crippen molar-refractivity contribution in [3.05, 3.63) is 66.5 Å². The quantitative estimate of drug-likeness (QED) is 0.532. The molecule has 3 rings (SSSR count). The van der Waals surface area contributed by atoms with Crippen molar-refractivity contribution in [3.8, 4) is 11.3 Å². The highest BCUT2D eigenvalue weighted by Crippen LogP contribution is 2.19. The van der Waals surface area contributed by atoms with Crippen LogP contribution in [-0.2, 0) is 4.79 Å². The Morgan fingerprint density at radius 3 is 2.31 bits per heavy atom. The lowest BCUT2D eigenvalue weighted by Gasteiger charge is -2.06. The highest BCUT2D eigenvalue weighted by Gasteiger charge is 2.07. The maximum atomic E-state index is 12.0. The molecule has 0 saturated carbocycles. The fourth-order valence-electron chi connectivity index (χ4n) is 2.20. The largest absolute Gasteiger partial charge is 0.325 e. The first-order valence-corrected chi connectivity index (χ1v) is 8.88. The molecule has 0 aliphatic carbocycles. The smallest absolute Gasteiger partial charge is 0.234 e. The van der Waals surface area contributed by atoms with Crippen molar-refractivity contribution in [2.45, 2.75) is 11.9 Å². The van der Waals surface area contributed by atoms with Crippen LogP contribution in [0.5, 0.6) is 0 Å². The highest BCUT2D eigenvalue weighted by molar-refractivity contribution is 7.99. The fourth-order valence-corrected chi connectivity index (χ4v) is 2.81. The minimum atomic E-state index is -0.148. The standard InChI is InChI=1S/C19H16N4O2S/c1-13(24)14-2-4-16(5-3-14)21-18(25)12-26-19-7-6-17(22-23-19)15-8-10-20-11-9-15/h2-11H,12H2,1H3,(H,21,25). The zero-order valence-corrected chi connectivity index (χ0v) is 14.9. The Morgan fingerprint density at radius 2 is 1.69 bits per heavy atom. The maximum Gasteiger partial charge on any atom is 0.234 e. The average molecular weight is 364 g/mol. The molecule has 0 spiro atoms. The minimum absolute atomic E-state index is 0.00720. The first-order chi connectivity index (χ1) is 12.6. The third-order valence-corrected chi connectivity index (χ3v) is 4.46. The number of ketones is 1. The van der Waals surface area contributed by atoms with Gasteiger partial charge in [0.15, 0.2) is 5.78 Å². The van der Waals surface area contributed by atoms with Gasteiger partial charge < -0.3 is 5.32 Å². The first kappa shape index (κ1) is 17.8. The highest BCUT2D eigenvalue weighted by atomic mass is 32.2. The Bertz CT molecular complexity index is 897. The topological polar surface area (TPSA) is 84.8 Å². The van der Waals surface area contributed by atoms with E-state index in [-0.39, 0.29) is 17.4 Å².